The van der Waals surface area contributed by atoms with Crippen LogP contribution in [0.5, 0.6) is 5.75 Å². The summed E-state index contributed by atoms with van der Waals surface area (Å²) in [5, 5.41) is 0. The largest absolute Gasteiger partial charge is 0.497 e. The molecule has 1 amide bonds. The Morgan fingerprint density at radius 1 is 1.21 bits per heavy atom. The number of ether oxygens (including phenoxy) is 1. The first kappa shape index (κ1) is 18.9. The molecule has 0 bridgehead atoms. The fourth-order valence-corrected chi connectivity index (χ4v) is 3.59. The maximum Gasteiger partial charge on any atom is 0.251 e. The molecule has 0 saturated carbocycles. The van der Waals surface area contributed by atoms with Crippen LogP contribution >= 0.6 is 0 Å². The molecule has 3 heterocycles. The van der Waals surface area contributed by atoms with Crippen LogP contribution in [-0.2, 0) is 11.2 Å². The van der Waals surface area contributed by atoms with Gasteiger partial charge < -0.3 is 14.6 Å². The molecule has 1 unspecified atom stereocenters. The minimum atomic E-state index is -0.190. The highest BCUT2D eigenvalue weighted by molar-refractivity contribution is 5.79. The summed E-state index contributed by atoms with van der Waals surface area (Å²) in [5.74, 6) is 1.43. The van der Waals surface area contributed by atoms with Crippen LogP contribution in [-0.4, -0.2) is 46.0 Å². The lowest BCUT2D eigenvalue weighted by atomic mass is 10.0. The zero-order chi connectivity index (χ0) is 20.2. The number of nitrogens with zero attached hydrogens (tertiary/aromatic N) is 3. The molecule has 1 atom stereocenters. The summed E-state index contributed by atoms with van der Waals surface area (Å²) in [6.45, 7) is 1.24. The maximum absolute atomic E-state index is 12.7. The highest BCUT2D eigenvalue weighted by Crippen LogP contribution is 2.27. The minimum absolute atomic E-state index is 0.0534. The summed E-state index contributed by atoms with van der Waals surface area (Å²) in [6.07, 6.45) is 4.47. The maximum atomic E-state index is 12.7. The molecule has 3 aromatic rings. The Morgan fingerprint density at radius 3 is 2.69 bits per heavy atom. The first-order valence-corrected chi connectivity index (χ1v) is 9.55. The van der Waals surface area contributed by atoms with Gasteiger partial charge in [-0.15, -0.1) is 0 Å². The summed E-state index contributed by atoms with van der Waals surface area (Å²) in [5.41, 5.74) is 2.29. The number of pyridine rings is 1. The molecular formula is C22H22N4O3. The molecular weight excluding hydrogens is 368 g/mol. The predicted molar refractivity (Wildman–Crippen MR) is 109 cm³/mol. The number of aromatic amines is 1. The van der Waals surface area contributed by atoms with Crippen LogP contribution in [0.1, 0.15) is 23.6 Å². The van der Waals surface area contributed by atoms with E-state index in [4.69, 9.17) is 4.74 Å². The van der Waals surface area contributed by atoms with Crippen molar-refractivity contribution in [1.29, 1.82) is 0 Å². The second-order valence-electron chi connectivity index (χ2n) is 7.10. The lowest BCUT2D eigenvalue weighted by molar-refractivity contribution is -0.129. The molecule has 29 heavy (non-hydrogen) atoms. The molecule has 0 aliphatic carbocycles. The smallest absolute Gasteiger partial charge is 0.251 e. The van der Waals surface area contributed by atoms with E-state index < -0.39 is 0 Å². The fraction of sp³-hybridized carbons (Fsp3) is 0.273. The van der Waals surface area contributed by atoms with Gasteiger partial charge in [-0.1, -0.05) is 12.1 Å². The van der Waals surface area contributed by atoms with Crippen LogP contribution in [0, 0.1) is 0 Å². The summed E-state index contributed by atoms with van der Waals surface area (Å²) in [7, 11) is 1.62. The topological polar surface area (TPSA) is 88.2 Å². The normalized spacial score (nSPS) is 16.0. The molecule has 1 saturated heterocycles. The second kappa shape index (κ2) is 8.26. The lowest BCUT2D eigenvalue weighted by Crippen LogP contribution is -2.30. The van der Waals surface area contributed by atoms with Gasteiger partial charge in [0.2, 0.25) is 5.91 Å². The van der Waals surface area contributed by atoms with Crippen molar-refractivity contribution in [3.05, 3.63) is 76.5 Å². The van der Waals surface area contributed by atoms with Crippen molar-refractivity contribution >= 4 is 5.91 Å². The first-order valence-electron chi connectivity index (χ1n) is 9.55. The van der Waals surface area contributed by atoms with Gasteiger partial charge in [-0.3, -0.25) is 14.6 Å². The highest BCUT2D eigenvalue weighted by atomic mass is 16.5. The number of H-pyrrole nitrogens is 1. The van der Waals surface area contributed by atoms with E-state index in [-0.39, 0.29) is 17.4 Å². The van der Waals surface area contributed by atoms with E-state index in [0.717, 1.165) is 29.0 Å². The van der Waals surface area contributed by atoms with E-state index in [2.05, 4.69) is 15.0 Å². The Bertz CT molecular complexity index is 1050. The third-order valence-electron chi connectivity index (χ3n) is 5.19. The Morgan fingerprint density at radius 2 is 1.97 bits per heavy atom. The molecule has 1 aliphatic rings. The van der Waals surface area contributed by atoms with Crippen molar-refractivity contribution in [3.63, 3.8) is 0 Å². The van der Waals surface area contributed by atoms with Crippen LogP contribution in [0.15, 0.2) is 59.7 Å². The number of benzene rings is 1. The Balaban J connectivity index is 1.46. The second-order valence-corrected chi connectivity index (χ2v) is 7.10. The van der Waals surface area contributed by atoms with Gasteiger partial charge in [-0.25, -0.2) is 4.98 Å². The van der Waals surface area contributed by atoms with Crippen LogP contribution in [0.2, 0.25) is 0 Å². The molecule has 148 valence electrons. The van der Waals surface area contributed by atoms with Crippen LogP contribution in [0.4, 0.5) is 0 Å². The van der Waals surface area contributed by atoms with E-state index in [9.17, 15) is 9.59 Å². The Hall–Kier alpha value is -3.48. The van der Waals surface area contributed by atoms with E-state index >= 15 is 0 Å². The van der Waals surface area contributed by atoms with E-state index in [1.54, 1.807) is 31.6 Å². The van der Waals surface area contributed by atoms with Gasteiger partial charge in [0.1, 0.15) is 11.6 Å². The molecule has 1 aromatic carbocycles. The summed E-state index contributed by atoms with van der Waals surface area (Å²) >= 11 is 0. The monoisotopic (exact) mass is 390 g/mol. The average Bonchev–Trinajstić information content (AvgIpc) is 3.25. The quantitative estimate of drug-likeness (QED) is 0.723. The highest BCUT2D eigenvalue weighted by Gasteiger charge is 2.28. The molecule has 1 fully saturated rings. The molecule has 2 aromatic heterocycles. The zero-order valence-corrected chi connectivity index (χ0v) is 16.2. The number of rotatable bonds is 5. The van der Waals surface area contributed by atoms with Crippen LogP contribution in [0.25, 0.3) is 11.4 Å². The van der Waals surface area contributed by atoms with Gasteiger partial charge in [0, 0.05) is 43.0 Å². The number of methoxy groups -OCH3 is 1. The number of likely N-dealkylation sites (tertiary alicyclic amines) is 1. The third-order valence-corrected chi connectivity index (χ3v) is 5.19. The number of hydrogen-bond donors (Lipinski definition) is 1. The number of carbonyl (C=O) groups is 1. The predicted octanol–water partition coefficient (Wildman–Crippen LogP) is 2.40. The molecule has 1 aliphatic heterocycles. The number of amides is 1. The van der Waals surface area contributed by atoms with Crippen molar-refractivity contribution in [2.75, 3.05) is 20.2 Å². The zero-order valence-electron chi connectivity index (χ0n) is 16.2. The molecule has 0 radical (unpaired) electrons. The van der Waals surface area contributed by atoms with E-state index in [0.29, 0.717) is 25.3 Å². The van der Waals surface area contributed by atoms with Gasteiger partial charge in [0.15, 0.2) is 0 Å². The average molecular weight is 390 g/mol. The van der Waals surface area contributed by atoms with Gasteiger partial charge in [-0.05, 0) is 36.2 Å². The molecule has 1 N–H and O–H groups in total. The number of hydrogen-bond acceptors (Lipinski definition) is 5. The molecule has 0 spiro atoms. The van der Waals surface area contributed by atoms with Gasteiger partial charge >= 0.3 is 0 Å². The lowest BCUT2D eigenvalue weighted by Gasteiger charge is -2.17. The van der Waals surface area contributed by atoms with Crippen molar-refractivity contribution in [3.8, 4) is 17.1 Å². The summed E-state index contributed by atoms with van der Waals surface area (Å²) < 4.78 is 5.15. The fourth-order valence-electron chi connectivity index (χ4n) is 3.59. The van der Waals surface area contributed by atoms with Crippen molar-refractivity contribution in [1.82, 2.24) is 19.9 Å². The van der Waals surface area contributed by atoms with E-state index in [1.807, 2.05) is 29.2 Å². The SMILES string of the molecule is COc1ccc(CC(=O)N2CCC(c3cc(=O)[nH]c(-c4ccncc4)n3)C2)cc1. The standard InChI is InChI=1S/C22H22N4O3/c1-29-18-4-2-15(3-5-18)12-21(28)26-11-8-17(14-26)19-13-20(27)25-22(24-19)16-6-9-23-10-7-16/h2-7,9-10,13,17H,8,11-12,14H2,1H3,(H,24,25,27). The Kier molecular flexibility index (Phi) is 5.37. The summed E-state index contributed by atoms with van der Waals surface area (Å²) in [6, 6.07) is 12.7. The van der Waals surface area contributed by atoms with Gasteiger partial charge in [-0.2, -0.15) is 0 Å². The number of nitrogens with one attached hydrogen (secondary N) is 1. The molecule has 7 heteroatoms. The van der Waals surface area contributed by atoms with Crippen molar-refractivity contribution in [2.45, 2.75) is 18.8 Å². The minimum Gasteiger partial charge on any atom is -0.497 e. The van der Waals surface area contributed by atoms with Gasteiger partial charge in [0.25, 0.3) is 5.56 Å². The summed E-state index contributed by atoms with van der Waals surface area (Å²) in [4.78, 5) is 38.1. The van der Waals surface area contributed by atoms with Gasteiger partial charge in [0.05, 0.1) is 19.2 Å². The van der Waals surface area contributed by atoms with Crippen molar-refractivity contribution < 1.29 is 9.53 Å². The number of aromatic nitrogens is 3. The Labute approximate surface area is 168 Å². The first-order chi connectivity index (χ1) is 14.1. The van der Waals surface area contributed by atoms with E-state index in [1.165, 1.54) is 6.07 Å². The number of carbonyl (C=O) groups excluding carboxylic acids is 1. The third kappa shape index (κ3) is 4.34. The van der Waals surface area contributed by atoms with Crippen molar-refractivity contribution in [2.24, 2.45) is 0 Å². The molecule has 4 rings (SSSR count). The molecule has 7 nitrogen and oxygen atoms in total. The van der Waals surface area contributed by atoms with Crippen LogP contribution in [0.3, 0.4) is 0 Å². The van der Waals surface area contributed by atoms with Crippen LogP contribution < -0.4 is 10.3 Å².